The van der Waals surface area contributed by atoms with E-state index in [9.17, 15) is 5.11 Å². The van der Waals surface area contributed by atoms with Crippen molar-refractivity contribution in [3.63, 3.8) is 0 Å². The molecule has 0 bridgehead atoms. The van der Waals surface area contributed by atoms with Crippen LogP contribution in [0, 0.1) is 11.3 Å². The van der Waals surface area contributed by atoms with Crippen molar-refractivity contribution in [1.29, 1.82) is 0 Å². The second-order valence-electron chi connectivity index (χ2n) is 10.5. The van der Waals surface area contributed by atoms with Gasteiger partial charge >= 0.3 is 0 Å². The molecule has 3 aromatic carbocycles. The van der Waals surface area contributed by atoms with Gasteiger partial charge in [-0.2, -0.15) is 0 Å². The molecule has 0 fully saturated rings. The minimum absolute atomic E-state index is 0.0334. The Hall–Kier alpha value is -2.78. The number of halogens is 1. The minimum Gasteiger partial charge on any atom is -0.506 e. The maximum atomic E-state index is 11.6. The number of ether oxygens (including phenoxy) is 1. The molecule has 1 aliphatic heterocycles. The second-order valence-corrected chi connectivity index (χ2v) is 10.9. The Morgan fingerprint density at radius 2 is 1.84 bits per heavy atom. The number of aromatic nitrogens is 1. The standard InChI is InChI=1S/C28H28ClNO2/c1-15(2)10-16-6-7-19-20(11-16)26(31)24-25-23-17(8-9-30-25)12-18(29)13-22(23)32-27(24)21(19)14-28(3,4)5/h6-9,11-13,15,31H,10,14H2,1-5H3. The number of pyridine rings is 1. The van der Waals surface area contributed by atoms with Gasteiger partial charge in [0.15, 0.2) is 0 Å². The number of nitrogens with zero attached hydrogens (tertiary/aromatic N) is 1. The summed E-state index contributed by atoms with van der Waals surface area (Å²) in [6.45, 7) is 11.1. The van der Waals surface area contributed by atoms with Crippen LogP contribution in [0.3, 0.4) is 0 Å². The van der Waals surface area contributed by atoms with Crippen LogP contribution in [0.5, 0.6) is 17.2 Å². The largest absolute Gasteiger partial charge is 0.506 e. The molecule has 32 heavy (non-hydrogen) atoms. The molecule has 0 spiro atoms. The molecule has 0 atom stereocenters. The van der Waals surface area contributed by atoms with E-state index in [4.69, 9.17) is 21.3 Å². The van der Waals surface area contributed by atoms with Gasteiger partial charge in [-0.15, -0.1) is 0 Å². The third kappa shape index (κ3) is 3.49. The topological polar surface area (TPSA) is 42.4 Å². The van der Waals surface area contributed by atoms with Gasteiger partial charge in [-0.25, -0.2) is 0 Å². The summed E-state index contributed by atoms with van der Waals surface area (Å²) in [5, 5.41) is 15.9. The predicted octanol–water partition coefficient (Wildman–Crippen LogP) is 8.31. The third-order valence-corrected chi connectivity index (χ3v) is 6.21. The van der Waals surface area contributed by atoms with Crippen LogP contribution in [0.25, 0.3) is 32.8 Å². The van der Waals surface area contributed by atoms with Gasteiger partial charge in [0.2, 0.25) is 0 Å². The smallest absolute Gasteiger partial charge is 0.144 e. The van der Waals surface area contributed by atoms with Crippen LogP contribution in [0.1, 0.15) is 45.7 Å². The summed E-state index contributed by atoms with van der Waals surface area (Å²) in [6.07, 6.45) is 3.55. The first-order valence-corrected chi connectivity index (χ1v) is 11.6. The molecule has 4 heteroatoms. The highest BCUT2D eigenvalue weighted by atomic mass is 35.5. The summed E-state index contributed by atoms with van der Waals surface area (Å²) in [5.74, 6) is 2.15. The van der Waals surface area contributed by atoms with E-state index in [1.54, 1.807) is 6.20 Å². The van der Waals surface area contributed by atoms with Crippen molar-refractivity contribution in [3.05, 3.63) is 58.7 Å². The Morgan fingerprint density at radius 1 is 1.06 bits per heavy atom. The Balaban J connectivity index is 1.89. The molecule has 0 amide bonds. The number of hydrogen-bond acceptors (Lipinski definition) is 3. The maximum Gasteiger partial charge on any atom is 0.144 e. The summed E-state index contributed by atoms with van der Waals surface area (Å²) in [5.41, 5.74) is 3.78. The van der Waals surface area contributed by atoms with Gasteiger partial charge in [-0.1, -0.05) is 58.4 Å². The van der Waals surface area contributed by atoms with Gasteiger partial charge in [0.1, 0.15) is 17.2 Å². The quantitative estimate of drug-likeness (QED) is 0.303. The van der Waals surface area contributed by atoms with Gasteiger partial charge < -0.3 is 9.84 Å². The van der Waals surface area contributed by atoms with Crippen LogP contribution >= 0.6 is 11.6 Å². The molecule has 4 aromatic rings. The SMILES string of the molecule is CC(C)Cc1ccc2c(CC(C)(C)C)c3c(c(O)c2c1)-c1nccc2cc(Cl)cc(c12)O3. The first-order valence-electron chi connectivity index (χ1n) is 11.2. The first kappa shape index (κ1) is 21.1. The van der Waals surface area contributed by atoms with Gasteiger partial charge in [0.05, 0.1) is 16.6 Å². The number of phenolic OH excluding ortho intramolecular Hbond substituents is 1. The van der Waals surface area contributed by atoms with Crippen LogP contribution in [0.15, 0.2) is 42.6 Å². The van der Waals surface area contributed by atoms with Crippen molar-refractivity contribution < 1.29 is 9.84 Å². The first-order chi connectivity index (χ1) is 15.1. The zero-order valence-corrected chi connectivity index (χ0v) is 20.0. The highest BCUT2D eigenvalue weighted by Crippen LogP contribution is 2.55. The summed E-state index contributed by atoms with van der Waals surface area (Å²) in [4.78, 5) is 4.70. The number of hydrogen-bond donors (Lipinski definition) is 1. The maximum absolute atomic E-state index is 11.6. The molecule has 164 valence electrons. The number of phenols is 1. The van der Waals surface area contributed by atoms with Crippen molar-refractivity contribution in [3.8, 4) is 28.5 Å². The zero-order chi connectivity index (χ0) is 22.8. The van der Waals surface area contributed by atoms with Crippen LogP contribution in [0.2, 0.25) is 5.02 Å². The van der Waals surface area contributed by atoms with E-state index >= 15 is 0 Å². The summed E-state index contributed by atoms with van der Waals surface area (Å²) in [6, 6.07) is 12.1. The van der Waals surface area contributed by atoms with E-state index in [0.717, 1.165) is 45.6 Å². The van der Waals surface area contributed by atoms with Gasteiger partial charge in [-0.05, 0) is 58.7 Å². The zero-order valence-electron chi connectivity index (χ0n) is 19.2. The number of fused-ring (bicyclic) bond motifs is 3. The lowest BCUT2D eigenvalue weighted by molar-refractivity contribution is 0.398. The molecule has 0 saturated heterocycles. The van der Waals surface area contributed by atoms with Gasteiger partial charge in [0, 0.05) is 28.2 Å². The molecule has 2 heterocycles. The fourth-order valence-electron chi connectivity index (χ4n) is 4.83. The van der Waals surface area contributed by atoms with Crippen molar-refractivity contribution >= 4 is 33.1 Å². The van der Waals surface area contributed by atoms with Crippen LogP contribution < -0.4 is 4.74 Å². The monoisotopic (exact) mass is 445 g/mol. The average molecular weight is 446 g/mol. The molecule has 0 aliphatic carbocycles. The van der Waals surface area contributed by atoms with Crippen molar-refractivity contribution in [2.24, 2.45) is 11.3 Å². The molecule has 1 N–H and O–H groups in total. The van der Waals surface area contributed by atoms with Gasteiger partial charge in [0.25, 0.3) is 0 Å². The Morgan fingerprint density at radius 3 is 2.56 bits per heavy atom. The molecule has 5 rings (SSSR count). The average Bonchev–Trinajstić information content (AvgIpc) is 2.69. The highest BCUT2D eigenvalue weighted by molar-refractivity contribution is 6.32. The van der Waals surface area contributed by atoms with E-state index in [0.29, 0.717) is 28.0 Å². The fourth-order valence-corrected chi connectivity index (χ4v) is 5.04. The molecule has 3 nitrogen and oxygen atoms in total. The lowest BCUT2D eigenvalue weighted by Gasteiger charge is -2.28. The van der Waals surface area contributed by atoms with E-state index in [1.807, 2.05) is 18.2 Å². The van der Waals surface area contributed by atoms with E-state index in [2.05, 4.69) is 52.8 Å². The molecule has 1 aromatic heterocycles. The second kappa shape index (κ2) is 7.38. The van der Waals surface area contributed by atoms with Gasteiger partial charge in [-0.3, -0.25) is 4.98 Å². The predicted molar refractivity (Wildman–Crippen MR) is 133 cm³/mol. The van der Waals surface area contributed by atoms with Crippen LogP contribution in [-0.4, -0.2) is 10.1 Å². The number of aromatic hydroxyl groups is 1. The van der Waals surface area contributed by atoms with E-state index < -0.39 is 0 Å². The molecule has 1 aliphatic rings. The lowest BCUT2D eigenvalue weighted by Crippen LogP contribution is -2.12. The lowest BCUT2D eigenvalue weighted by atomic mass is 9.82. The minimum atomic E-state index is 0.0334. The number of benzene rings is 3. The highest BCUT2D eigenvalue weighted by Gasteiger charge is 2.31. The van der Waals surface area contributed by atoms with Crippen molar-refractivity contribution in [2.45, 2.75) is 47.5 Å². The van der Waals surface area contributed by atoms with Crippen LogP contribution in [-0.2, 0) is 12.8 Å². The molecule has 0 saturated carbocycles. The fraction of sp³-hybridized carbons (Fsp3) is 0.321. The summed E-state index contributed by atoms with van der Waals surface area (Å²) in [7, 11) is 0. The Kier molecular flexibility index (Phi) is 4.86. The normalized spacial score (nSPS) is 13.0. The third-order valence-electron chi connectivity index (χ3n) is 5.99. The summed E-state index contributed by atoms with van der Waals surface area (Å²) >= 11 is 6.39. The van der Waals surface area contributed by atoms with E-state index in [-0.39, 0.29) is 11.2 Å². The van der Waals surface area contributed by atoms with Crippen LogP contribution in [0.4, 0.5) is 0 Å². The van der Waals surface area contributed by atoms with E-state index in [1.165, 1.54) is 5.56 Å². The molecule has 0 radical (unpaired) electrons. The van der Waals surface area contributed by atoms with Crippen molar-refractivity contribution in [2.75, 3.05) is 0 Å². The van der Waals surface area contributed by atoms with Crippen molar-refractivity contribution in [1.82, 2.24) is 4.98 Å². The molecular weight excluding hydrogens is 418 g/mol. The number of rotatable bonds is 3. The molecule has 0 unspecified atom stereocenters. The summed E-state index contributed by atoms with van der Waals surface area (Å²) < 4.78 is 6.51. The Bertz CT molecular complexity index is 1380. The molecular formula is C28H28ClNO2. The Labute approximate surface area is 194 Å².